The first kappa shape index (κ1) is 15.3. The van der Waals surface area contributed by atoms with Crippen LogP contribution in [0, 0.1) is 5.92 Å². The lowest BCUT2D eigenvalue weighted by atomic mass is 10.0. The zero-order valence-corrected chi connectivity index (χ0v) is 11.6. The molecular weight excluding hydrogens is 244 g/mol. The van der Waals surface area contributed by atoms with E-state index in [0.717, 1.165) is 6.42 Å². The van der Waals surface area contributed by atoms with Gasteiger partial charge in [0.15, 0.2) is 0 Å². The van der Waals surface area contributed by atoms with Gasteiger partial charge in [0.2, 0.25) is 0 Å². The van der Waals surface area contributed by atoms with Crippen LogP contribution in [0.15, 0.2) is 24.3 Å². The number of anilines is 1. The Hall–Kier alpha value is -1.75. The average molecular weight is 266 g/mol. The van der Waals surface area contributed by atoms with Gasteiger partial charge in [-0.15, -0.1) is 0 Å². The van der Waals surface area contributed by atoms with Crippen molar-refractivity contribution in [3.05, 3.63) is 24.3 Å². The van der Waals surface area contributed by atoms with E-state index < -0.39 is 0 Å². The molecule has 1 aromatic rings. The second kappa shape index (κ2) is 7.63. The summed E-state index contributed by atoms with van der Waals surface area (Å²) in [6.07, 6.45) is 0.732. The second-order valence-electron chi connectivity index (χ2n) is 4.81. The molecule has 1 atom stereocenters. The highest BCUT2D eigenvalue weighted by atomic mass is 16.5. The van der Waals surface area contributed by atoms with Crippen LogP contribution in [0.25, 0.3) is 0 Å². The number of amides is 2. The number of aliphatic hydroxyl groups excluding tert-OH is 1. The summed E-state index contributed by atoms with van der Waals surface area (Å²) < 4.78 is 5.15. The normalized spacial score (nSPS) is 12.1. The monoisotopic (exact) mass is 266 g/mol. The fourth-order valence-corrected chi connectivity index (χ4v) is 1.84. The molecule has 1 rings (SSSR count). The van der Waals surface area contributed by atoms with Crippen molar-refractivity contribution in [3.63, 3.8) is 0 Å². The lowest BCUT2D eigenvalue weighted by Gasteiger charge is -2.19. The number of aliphatic hydroxyl groups is 1. The molecule has 0 saturated heterocycles. The molecule has 0 fully saturated rings. The van der Waals surface area contributed by atoms with Gasteiger partial charge < -0.3 is 20.5 Å². The summed E-state index contributed by atoms with van der Waals surface area (Å²) in [6.45, 7) is 4.02. The van der Waals surface area contributed by atoms with Gasteiger partial charge in [0.05, 0.1) is 25.4 Å². The zero-order chi connectivity index (χ0) is 14.3. The van der Waals surface area contributed by atoms with Gasteiger partial charge in [-0.2, -0.15) is 0 Å². The minimum atomic E-state index is -0.343. The van der Waals surface area contributed by atoms with Gasteiger partial charge in [-0.1, -0.05) is 26.0 Å². The molecule has 5 nitrogen and oxygen atoms in total. The van der Waals surface area contributed by atoms with Crippen LogP contribution in [0.4, 0.5) is 10.5 Å². The average Bonchev–Trinajstić information content (AvgIpc) is 2.38. The number of ether oxygens (including phenoxy) is 1. The lowest BCUT2D eigenvalue weighted by molar-refractivity contribution is 0.214. The molecule has 0 spiro atoms. The fraction of sp³-hybridized carbons (Fsp3) is 0.500. The van der Waals surface area contributed by atoms with Crippen molar-refractivity contribution in [1.29, 1.82) is 0 Å². The molecule has 1 aromatic carbocycles. The summed E-state index contributed by atoms with van der Waals surface area (Å²) in [6, 6.07) is 6.59. The highest BCUT2D eigenvalue weighted by Crippen LogP contribution is 2.22. The number of nitrogens with one attached hydrogen (secondary N) is 2. The van der Waals surface area contributed by atoms with Crippen LogP contribution in [-0.4, -0.2) is 30.9 Å². The molecule has 0 unspecified atom stereocenters. The van der Waals surface area contributed by atoms with Crippen molar-refractivity contribution in [2.45, 2.75) is 26.3 Å². The van der Waals surface area contributed by atoms with Crippen molar-refractivity contribution >= 4 is 11.7 Å². The smallest absolute Gasteiger partial charge is 0.319 e. The van der Waals surface area contributed by atoms with Crippen LogP contribution in [0.2, 0.25) is 0 Å². The van der Waals surface area contributed by atoms with E-state index in [1.54, 1.807) is 19.2 Å². The van der Waals surface area contributed by atoms with Crippen LogP contribution in [0.5, 0.6) is 5.75 Å². The van der Waals surface area contributed by atoms with Crippen LogP contribution >= 0.6 is 0 Å². The SMILES string of the molecule is COc1ccccc1NC(=O)N[C@@H](CO)CC(C)C. The van der Waals surface area contributed by atoms with Gasteiger partial charge in [0, 0.05) is 0 Å². The highest BCUT2D eigenvalue weighted by molar-refractivity contribution is 5.91. The second-order valence-corrected chi connectivity index (χ2v) is 4.81. The van der Waals surface area contributed by atoms with Crippen LogP contribution in [0.1, 0.15) is 20.3 Å². The Morgan fingerprint density at radius 1 is 1.37 bits per heavy atom. The summed E-state index contributed by atoms with van der Waals surface area (Å²) in [4.78, 5) is 11.8. The maximum Gasteiger partial charge on any atom is 0.319 e. The lowest BCUT2D eigenvalue weighted by Crippen LogP contribution is -2.41. The number of hydrogen-bond acceptors (Lipinski definition) is 3. The van der Waals surface area contributed by atoms with E-state index in [-0.39, 0.29) is 18.7 Å². The first-order chi connectivity index (χ1) is 9.06. The molecule has 0 radical (unpaired) electrons. The third-order valence-corrected chi connectivity index (χ3v) is 2.67. The molecule has 106 valence electrons. The number of urea groups is 1. The number of methoxy groups -OCH3 is 1. The predicted molar refractivity (Wildman–Crippen MR) is 75.5 cm³/mol. The van der Waals surface area contributed by atoms with Crippen LogP contribution in [0.3, 0.4) is 0 Å². The van der Waals surface area contributed by atoms with E-state index in [1.807, 2.05) is 26.0 Å². The molecule has 0 aliphatic heterocycles. The third kappa shape index (κ3) is 5.18. The number of hydrogen-bond donors (Lipinski definition) is 3. The van der Waals surface area contributed by atoms with Crippen molar-refractivity contribution < 1.29 is 14.6 Å². The molecule has 0 heterocycles. The fourth-order valence-electron chi connectivity index (χ4n) is 1.84. The molecule has 0 saturated carbocycles. The Balaban J connectivity index is 2.59. The van der Waals surface area contributed by atoms with E-state index in [4.69, 9.17) is 4.74 Å². The minimum Gasteiger partial charge on any atom is -0.495 e. The van der Waals surface area contributed by atoms with Gasteiger partial charge in [-0.25, -0.2) is 4.79 Å². The van der Waals surface area contributed by atoms with Crippen molar-refractivity contribution in [1.82, 2.24) is 5.32 Å². The molecule has 0 aliphatic rings. The Morgan fingerprint density at radius 3 is 2.63 bits per heavy atom. The van der Waals surface area contributed by atoms with Gasteiger partial charge in [-0.3, -0.25) is 0 Å². The predicted octanol–water partition coefficient (Wildman–Crippen LogP) is 2.22. The van der Waals surface area contributed by atoms with Crippen molar-refractivity contribution in [3.8, 4) is 5.75 Å². The maximum absolute atomic E-state index is 11.8. The largest absolute Gasteiger partial charge is 0.495 e. The molecular formula is C14H22N2O3. The minimum absolute atomic E-state index is 0.0719. The van der Waals surface area contributed by atoms with E-state index in [1.165, 1.54) is 0 Å². The number of para-hydroxylation sites is 2. The molecule has 0 aliphatic carbocycles. The Morgan fingerprint density at radius 2 is 2.05 bits per heavy atom. The first-order valence-corrected chi connectivity index (χ1v) is 6.38. The quantitative estimate of drug-likeness (QED) is 0.739. The molecule has 5 heteroatoms. The van der Waals surface area contributed by atoms with E-state index in [2.05, 4.69) is 10.6 Å². The Bertz CT molecular complexity index is 407. The zero-order valence-electron chi connectivity index (χ0n) is 11.6. The van der Waals surface area contributed by atoms with E-state index in [9.17, 15) is 9.90 Å². The standard InChI is InChI=1S/C14H22N2O3/c1-10(2)8-11(9-17)15-14(18)16-12-6-4-5-7-13(12)19-3/h4-7,10-11,17H,8-9H2,1-3H3,(H2,15,16,18)/t11-/m1/s1. The number of carbonyl (C=O) groups excluding carboxylic acids is 1. The topological polar surface area (TPSA) is 70.6 Å². The number of rotatable bonds is 6. The molecule has 19 heavy (non-hydrogen) atoms. The van der Waals surface area contributed by atoms with E-state index in [0.29, 0.717) is 17.4 Å². The maximum atomic E-state index is 11.8. The Kier molecular flexibility index (Phi) is 6.15. The molecule has 3 N–H and O–H groups in total. The summed E-state index contributed by atoms with van der Waals surface area (Å²) in [5.41, 5.74) is 0.601. The molecule has 0 aromatic heterocycles. The molecule has 0 bridgehead atoms. The van der Waals surface area contributed by atoms with Crippen molar-refractivity contribution in [2.75, 3.05) is 19.0 Å². The summed E-state index contributed by atoms with van der Waals surface area (Å²) >= 11 is 0. The number of benzene rings is 1. The van der Waals surface area contributed by atoms with Crippen LogP contribution in [-0.2, 0) is 0 Å². The van der Waals surface area contributed by atoms with Gasteiger partial charge >= 0.3 is 6.03 Å². The van der Waals surface area contributed by atoms with Gasteiger partial charge in [0.1, 0.15) is 5.75 Å². The highest BCUT2D eigenvalue weighted by Gasteiger charge is 2.14. The Labute approximate surface area is 114 Å². The van der Waals surface area contributed by atoms with Crippen molar-refractivity contribution in [2.24, 2.45) is 5.92 Å². The summed E-state index contributed by atoms with van der Waals surface area (Å²) in [5, 5.41) is 14.7. The summed E-state index contributed by atoms with van der Waals surface area (Å²) in [5.74, 6) is 1.01. The molecule has 2 amide bonds. The van der Waals surface area contributed by atoms with E-state index >= 15 is 0 Å². The van der Waals surface area contributed by atoms with Gasteiger partial charge in [-0.05, 0) is 24.5 Å². The summed E-state index contributed by atoms with van der Waals surface area (Å²) in [7, 11) is 1.55. The number of carbonyl (C=O) groups is 1. The third-order valence-electron chi connectivity index (χ3n) is 2.67. The first-order valence-electron chi connectivity index (χ1n) is 6.38. The van der Waals surface area contributed by atoms with Crippen LogP contribution < -0.4 is 15.4 Å². The van der Waals surface area contributed by atoms with Gasteiger partial charge in [0.25, 0.3) is 0 Å².